The zero-order valence-corrected chi connectivity index (χ0v) is 13.8. The van der Waals surface area contributed by atoms with Gasteiger partial charge in [0.15, 0.2) is 0 Å². The van der Waals surface area contributed by atoms with Crippen LogP contribution < -0.4 is 10.6 Å². The molecule has 0 bridgehead atoms. The lowest BCUT2D eigenvalue weighted by molar-refractivity contribution is 0.102. The molecule has 2 aromatic carbocycles. The van der Waals surface area contributed by atoms with Gasteiger partial charge in [-0.05, 0) is 49.4 Å². The van der Waals surface area contributed by atoms with Gasteiger partial charge in [-0.15, -0.1) is 0 Å². The van der Waals surface area contributed by atoms with Gasteiger partial charge in [0.1, 0.15) is 17.6 Å². The number of aryl methyl sites for hydroxylation is 1. The Morgan fingerprint density at radius 3 is 2.58 bits per heavy atom. The third-order valence-corrected chi connectivity index (χ3v) is 3.48. The summed E-state index contributed by atoms with van der Waals surface area (Å²) in [4.78, 5) is 20.9. The van der Waals surface area contributed by atoms with Crippen LogP contribution >= 0.6 is 0 Å². The van der Waals surface area contributed by atoms with Crippen molar-refractivity contribution in [2.75, 3.05) is 10.6 Å². The molecule has 2 N–H and O–H groups in total. The Labute approximate surface area is 149 Å². The van der Waals surface area contributed by atoms with E-state index in [-0.39, 0.29) is 17.5 Å². The predicted molar refractivity (Wildman–Crippen MR) is 95.6 cm³/mol. The Morgan fingerprint density at radius 1 is 1.12 bits per heavy atom. The van der Waals surface area contributed by atoms with Gasteiger partial charge in [-0.1, -0.05) is 12.1 Å². The van der Waals surface area contributed by atoms with Gasteiger partial charge >= 0.3 is 0 Å². The molecule has 3 rings (SSSR count). The summed E-state index contributed by atoms with van der Waals surface area (Å²) in [6, 6.07) is 16.0. The van der Waals surface area contributed by atoms with E-state index >= 15 is 0 Å². The number of carbonyl (C=O) groups is 1. The van der Waals surface area contributed by atoms with Gasteiger partial charge in [0.25, 0.3) is 5.91 Å². The molecule has 0 saturated carbocycles. The molecule has 0 unspecified atom stereocenters. The van der Waals surface area contributed by atoms with Gasteiger partial charge in [-0.3, -0.25) is 4.79 Å². The van der Waals surface area contributed by atoms with Gasteiger partial charge in [-0.2, -0.15) is 5.26 Å². The molecule has 0 spiro atoms. The highest BCUT2D eigenvalue weighted by molar-refractivity contribution is 6.03. The lowest BCUT2D eigenvalue weighted by Gasteiger charge is -2.09. The Balaban J connectivity index is 1.83. The standard InChI is InChI=1S/C19H14FN5O/c1-12-10-17(18(26)24-16-5-3-2-4-13(16)11-21)25-19(22-12)23-15-8-6-14(20)7-9-15/h2-10H,1H3,(H,24,26)(H,22,23,25). The second-order valence-electron chi connectivity index (χ2n) is 5.46. The third-order valence-electron chi connectivity index (χ3n) is 3.48. The number of para-hydroxylation sites is 1. The number of benzene rings is 2. The molecule has 7 heteroatoms. The van der Waals surface area contributed by atoms with Gasteiger partial charge in [0.2, 0.25) is 5.95 Å². The van der Waals surface area contributed by atoms with Crippen LogP contribution in [0.3, 0.4) is 0 Å². The first kappa shape index (κ1) is 17.0. The minimum absolute atomic E-state index is 0.148. The lowest BCUT2D eigenvalue weighted by Crippen LogP contribution is -2.16. The van der Waals surface area contributed by atoms with Crippen LogP contribution in [0.25, 0.3) is 0 Å². The first-order chi connectivity index (χ1) is 12.5. The number of amides is 1. The Hall–Kier alpha value is -3.79. The molecule has 1 aromatic heterocycles. The molecule has 1 heterocycles. The van der Waals surface area contributed by atoms with E-state index in [2.05, 4.69) is 20.6 Å². The van der Waals surface area contributed by atoms with E-state index in [1.807, 2.05) is 6.07 Å². The number of carbonyl (C=O) groups excluding carboxylic acids is 1. The van der Waals surface area contributed by atoms with Crippen LogP contribution in [-0.4, -0.2) is 15.9 Å². The van der Waals surface area contributed by atoms with E-state index < -0.39 is 5.91 Å². The number of halogens is 1. The van der Waals surface area contributed by atoms with Crippen molar-refractivity contribution in [1.82, 2.24) is 9.97 Å². The maximum Gasteiger partial charge on any atom is 0.274 e. The van der Waals surface area contributed by atoms with Gasteiger partial charge < -0.3 is 10.6 Å². The highest BCUT2D eigenvalue weighted by Crippen LogP contribution is 2.17. The molecule has 3 aromatic rings. The quantitative estimate of drug-likeness (QED) is 0.749. The van der Waals surface area contributed by atoms with Crippen molar-refractivity contribution in [3.8, 4) is 6.07 Å². The van der Waals surface area contributed by atoms with E-state index in [0.29, 0.717) is 22.6 Å². The molecule has 1 amide bonds. The zero-order valence-electron chi connectivity index (χ0n) is 13.8. The molecule has 128 valence electrons. The third kappa shape index (κ3) is 3.99. The van der Waals surface area contributed by atoms with Gasteiger partial charge in [0, 0.05) is 11.4 Å². The topological polar surface area (TPSA) is 90.7 Å². The molecule has 0 fully saturated rings. The minimum atomic E-state index is -0.458. The summed E-state index contributed by atoms with van der Waals surface area (Å²) in [6.07, 6.45) is 0. The largest absolute Gasteiger partial charge is 0.324 e. The van der Waals surface area contributed by atoms with Crippen molar-refractivity contribution < 1.29 is 9.18 Å². The van der Waals surface area contributed by atoms with E-state index in [9.17, 15) is 9.18 Å². The molecule has 0 aliphatic heterocycles. The first-order valence-electron chi connectivity index (χ1n) is 7.74. The van der Waals surface area contributed by atoms with E-state index in [4.69, 9.17) is 5.26 Å². The second kappa shape index (κ2) is 7.40. The highest BCUT2D eigenvalue weighted by atomic mass is 19.1. The van der Waals surface area contributed by atoms with E-state index in [0.717, 1.165) is 0 Å². The fourth-order valence-electron chi connectivity index (χ4n) is 2.28. The van der Waals surface area contributed by atoms with E-state index in [1.54, 1.807) is 49.4 Å². The molecule has 6 nitrogen and oxygen atoms in total. The summed E-state index contributed by atoms with van der Waals surface area (Å²) in [5, 5.41) is 14.7. The number of hydrogen-bond acceptors (Lipinski definition) is 5. The van der Waals surface area contributed by atoms with Crippen LogP contribution in [0.2, 0.25) is 0 Å². The fraction of sp³-hybridized carbons (Fsp3) is 0.0526. The number of rotatable bonds is 4. The van der Waals surface area contributed by atoms with Crippen LogP contribution in [0.1, 0.15) is 21.7 Å². The number of aromatic nitrogens is 2. The monoisotopic (exact) mass is 347 g/mol. The number of hydrogen-bond donors (Lipinski definition) is 2. The Morgan fingerprint density at radius 2 is 1.85 bits per heavy atom. The van der Waals surface area contributed by atoms with Crippen molar-refractivity contribution in [1.29, 1.82) is 5.26 Å². The molecule has 0 saturated heterocycles. The SMILES string of the molecule is Cc1cc(C(=O)Nc2ccccc2C#N)nc(Nc2ccc(F)cc2)n1. The smallest absolute Gasteiger partial charge is 0.274 e. The first-order valence-corrected chi connectivity index (χ1v) is 7.74. The van der Waals surface area contributed by atoms with Crippen molar-refractivity contribution in [2.24, 2.45) is 0 Å². The van der Waals surface area contributed by atoms with Crippen LogP contribution in [0.4, 0.5) is 21.7 Å². The molecule has 0 radical (unpaired) electrons. The van der Waals surface area contributed by atoms with Crippen LogP contribution in [-0.2, 0) is 0 Å². The fourth-order valence-corrected chi connectivity index (χ4v) is 2.28. The van der Waals surface area contributed by atoms with Crippen molar-refractivity contribution in [2.45, 2.75) is 6.92 Å². The molecular formula is C19H14FN5O. The molecule has 0 aliphatic carbocycles. The molecule has 0 aliphatic rings. The zero-order chi connectivity index (χ0) is 18.5. The van der Waals surface area contributed by atoms with Crippen LogP contribution in [0.15, 0.2) is 54.6 Å². The number of anilines is 3. The summed E-state index contributed by atoms with van der Waals surface area (Å²) in [6.45, 7) is 1.73. The van der Waals surface area contributed by atoms with Gasteiger partial charge in [0.05, 0.1) is 11.3 Å². The minimum Gasteiger partial charge on any atom is -0.324 e. The normalized spacial score (nSPS) is 10.0. The molecule has 0 atom stereocenters. The van der Waals surface area contributed by atoms with E-state index in [1.165, 1.54) is 12.1 Å². The summed E-state index contributed by atoms with van der Waals surface area (Å²) in [7, 11) is 0. The van der Waals surface area contributed by atoms with Crippen LogP contribution in [0.5, 0.6) is 0 Å². The average molecular weight is 347 g/mol. The summed E-state index contributed by atoms with van der Waals surface area (Å²) < 4.78 is 13.0. The maximum absolute atomic E-state index is 13.0. The van der Waals surface area contributed by atoms with Gasteiger partial charge in [-0.25, -0.2) is 14.4 Å². The summed E-state index contributed by atoms with van der Waals surface area (Å²) in [5.74, 6) is -0.590. The van der Waals surface area contributed by atoms with Crippen molar-refractivity contribution >= 4 is 23.2 Å². The number of nitriles is 1. The van der Waals surface area contributed by atoms with Crippen molar-refractivity contribution in [3.05, 3.63) is 77.4 Å². The van der Waals surface area contributed by atoms with Crippen LogP contribution in [0, 0.1) is 24.1 Å². The number of nitrogens with one attached hydrogen (secondary N) is 2. The lowest BCUT2D eigenvalue weighted by atomic mass is 10.2. The predicted octanol–water partition coefficient (Wildman–Crippen LogP) is 3.79. The van der Waals surface area contributed by atoms with Crippen molar-refractivity contribution in [3.63, 3.8) is 0 Å². The number of nitrogens with zero attached hydrogens (tertiary/aromatic N) is 3. The average Bonchev–Trinajstić information content (AvgIpc) is 2.63. The molecule has 26 heavy (non-hydrogen) atoms. The molecular weight excluding hydrogens is 333 g/mol. The summed E-state index contributed by atoms with van der Waals surface area (Å²) >= 11 is 0. The second-order valence-corrected chi connectivity index (χ2v) is 5.46. The maximum atomic E-state index is 13.0. The highest BCUT2D eigenvalue weighted by Gasteiger charge is 2.13. The summed E-state index contributed by atoms with van der Waals surface area (Å²) in [5.41, 5.74) is 2.09. The Bertz CT molecular complexity index is 996. The Kier molecular flexibility index (Phi) is 4.85.